The van der Waals surface area contributed by atoms with Crippen LogP contribution in [0.25, 0.3) is 5.57 Å². The van der Waals surface area contributed by atoms with Gasteiger partial charge in [-0.1, -0.05) is 35.5 Å². The molecule has 21 heavy (non-hydrogen) atoms. The lowest BCUT2D eigenvalue weighted by Crippen LogP contribution is -2.20. The lowest BCUT2D eigenvalue weighted by atomic mass is 9.99. The van der Waals surface area contributed by atoms with E-state index in [0.29, 0.717) is 0 Å². The smallest absolute Gasteiger partial charge is 0.123 e. The number of nitrogens with one attached hydrogen (secondary N) is 1. The van der Waals surface area contributed by atoms with Crippen molar-refractivity contribution in [2.75, 3.05) is 13.1 Å². The molecule has 0 bridgehead atoms. The molecule has 3 heteroatoms. The van der Waals surface area contributed by atoms with Crippen molar-refractivity contribution in [2.24, 2.45) is 0 Å². The highest BCUT2D eigenvalue weighted by Crippen LogP contribution is 2.35. The minimum Gasteiger partial charge on any atom is -0.313 e. The fourth-order valence-corrected chi connectivity index (χ4v) is 3.44. The second-order valence-electron chi connectivity index (χ2n) is 5.24. The van der Waals surface area contributed by atoms with Crippen molar-refractivity contribution in [3.8, 4) is 0 Å². The van der Waals surface area contributed by atoms with Crippen molar-refractivity contribution < 1.29 is 4.39 Å². The van der Waals surface area contributed by atoms with Crippen LogP contribution in [0, 0.1) is 12.7 Å². The third kappa shape index (κ3) is 3.55. The Morgan fingerprint density at radius 1 is 1.10 bits per heavy atom. The van der Waals surface area contributed by atoms with Crippen LogP contribution in [0.1, 0.15) is 17.5 Å². The summed E-state index contributed by atoms with van der Waals surface area (Å²) in [5, 5.41) is 3.35. The lowest BCUT2D eigenvalue weighted by Gasteiger charge is -2.18. The van der Waals surface area contributed by atoms with E-state index in [1.165, 1.54) is 33.7 Å². The number of benzene rings is 2. The molecular weight excluding hydrogens is 281 g/mol. The van der Waals surface area contributed by atoms with E-state index in [4.69, 9.17) is 0 Å². The van der Waals surface area contributed by atoms with Crippen LogP contribution < -0.4 is 5.32 Å². The molecule has 1 N–H and O–H groups in total. The van der Waals surface area contributed by atoms with Crippen molar-refractivity contribution in [1.29, 1.82) is 0 Å². The van der Waals surface area contributed by atoms with Crippen molar-refractivity contribution >= 4 is 17.3 Å². The molecule has 1 nitrogen and oxygen atoms in total. The zero-order valence-corrected chi connectivity index (χ0v) is 12.8. The average Bonchev–Trinajstić information content (AvgIpc) is 2.52. The van der Waals surface area contributed by atoms with Gasteiger partial charge in [0.2, 0.25) is 0 Å². The minimum atomic E-state index is -0.190. The van der Waals surface area contributed by atoms with Crippen molar-refractivity contribution in [1.82, 2.24) is 5.32 Å². The summed E-state index contributed by atoms with van der Waals surface area (Å²) < 4.78 is 13.0. The maximum Gasteiger partial charge on any atom is 0.123 e. The molecule has 0 aromatic heterocycles. The number of rotatable bonds is 3. The second-order valence-corrected chi connectivity index (χ2v) is 6.35. The molecule has 108 valence electrons. The molecule has 0 radical (unpaired) electrons. The van der Waals surface area contributed by atoms with Crippen LogP contribution >= 0.6 is 11.8 Å². The predicted molar refractivity (Wildman–Crippen MR) is 87.2 cm³/mol. The van der Waals surface area contributed by atoms with Gasteiger partial charge in [0, 0.05) is 16.3 Å². The van der Waals surface area contributed by atoms with Gasteiger partial charge >= 0.3 is 0 Å². The van der Waals surface area contributed by atoms with Gasteiger partial charge in [-0.25, -0.2) is 4.39 Å². The van der Waals surface area contributed by atoms with Gasteiger partial charge in [0.25, 0.3) is 0 Å². The van der Waals surface area contributed by atoms with Gasteiger partial charge in [-0.05, 0) is 61.4 Å². The Hall–Kier alpha value is -1.58. The Bertz CT molecular complexity index is 661. The zero-order chi connectivity index (χ0) is 14.7. The summed E-state index contributed by atoms with van der Waals surface area (Å²) in [6.45, 7) is 4.09. The molecule has 0 spiro atoms. The summed E-state index contributed by atoms with van der Waals surface area (Å²) in [6.07, 6.45) is 3.33. The molecule has 0 fully saturated rings. The first-order chi connectivity index (χ1) is 10.2. The van der Waals surface area contributed by atoms with Gasteiger partial charge in [-0.15, -0.1) is 0 Å². The normalized spacial score (nSPS) is 14.9. The summed E-state index contributed by atoms with van der Waals surface area (Å²) >= 11 is 1.70. The summed E-state index contributed by atoms with van der Waals surface area (Å²) in [5.41, 5.74) is 3.99. The van der Waals surface area contributed by atoms with E-state index >= 15 is 0 Å². The van der Waals surface area contributed by atoms with E-state index in [1.807, 2.05) is 12.1 Å². The first-order valence-electron chi connectivity index (χ1n) is 7.16. The molecule has 3 rings (SSSR count). The molecule has 1 aliphatic heterocycles. The predicted octanol–water partition coefficient (Wildman–Crippen LogP) is 4.66. The fourth-order valence-electron chi connectivity index (χ4n) is 2.48. The molecule has 0 amide bonds. The van der Waals surface area contributed by atoms with E-state index in [2.05, 4.69) is 36.5 Å². The highest BCUT2D eigenvalue weighted by atomic mass is 32.2. The van der Waals surface area contributed by atoms with Crippen LogP contribution in [-0.2, 0) is 0 Å². The maximum atomic E-state index is 13.0. The van der Waals surface area contributed by atoms with Crippen molar-refractivity contribution in [2.45, 2.75) is 23.1 Å². The van der Waals surface area contributed by atoms with Gasteiger partial charge in [-0.3, -0.25) is 0 Å². The van der Waals surface area contributed by atoms with Crippen LogP contribution in [0.4, 0.5) is 4.39 Å². The van der Waals surface area contributed by atoms with Crippen LogP contribution in [0.2, 0.25) is 0 Å². The topological polar surface area (TPSA) is 12.0 Å². The molecule has 1 heterocycles. The zero-order valence-electron chi connectivity index (χ0n) is 12.0. The highest BCUT2D eigenvalue weighted by molar-refractivity contribution is 7.99. The van der Waals surface area contributed by atoms with E-state index < -0.39 is 0 Å². The van der Waals surface area contributed by atoms with Crippen LogP contribution in [0.5, 0.6) is 0 Å². The third-order valence-corrected chi connectivity index (χ3v) is 4.67. The molecule has 0 saturated carbocycles. The van der Waals surface area contributed by atoms with Gasteiger partial charge in [0.15, 0.2) is 0 Å². The van der Waals surface area contributed by atoms with Crippen molar-refractivity contribution in [3.63, 3.8) is 0 Å². The first kappa shape index (κ1) is 14.4. The summed E-state index contributed by atoms with van der Waals surface area (Å²) in [6, 6.07) is 13.3. The SMILES string of the molecule is Cc1ccc(Sc2ccc(F)cc2)c(C2=CCNCC2)c1. The maximum absolute atomic E-state index is 13.0. The van der Waals surface area contributed by atoms with Gasteiger partial charge in [-0.2, -0.15) is 0 Å². The van der Waals surface area contributed by atoms with Crippen molar-refractivity contribution in [3.05, 3.63) is 65.5 Å². The highest BCUT2D eigenvalue weighted by Gasteiger charge is 2.12. The molecular formula is C18H18FNS. The fraction of sp³-hybridized carbons (Fsp3) is 0.222. The van der Waals surface area contributed by atoms with Crippen LogP contribution in [-0.4, -0.2) is 13.1 Å². The third-order valence-electron chi connectivity index (χ3n) is 3.59. The van der Waals surface area contributed by atoms with Gasteiger partial charge < -0.3 is 5.32 Å². The first-order valence-corrected chi connectivity index (χ1v) is 7.98. The van der Waals surface area contributed by atoms with Crippen LogP contribution in [0.15, 0.2) is 58.3 Å². The standard InChI is InChI=1S/C18H18FNS/c1-13-2-7-18(21-16-5-3-15(19)4-6-16)17(12-13)14-8-10-20-11-9-14/h2-8,12,20H,9-11H2,1H3. The Morgan fingerprint density at radius 3 is 2.62 bits per heavy atom. The molecule has 0 unspecified atom stereocenters. The van der Waals surface area contributed by atoms with E-state index in [-0.39, 0.29) is 5.82 Å². The number of hydrogen-bond acceptors (Lipinski definition) is 2. The minimum absolute atomic E-state index is 0.190. The molecule has 2 aromatic carbocycles. The number of aryl methyl sites for hydroxylation is 1. The number of hydrogen-bond donors (Lipinski definition) is 1. The molecule has 0 aliphatic carbocycles. The Kier molecular flexibility index (Phi) is 4.42. The Balaban J connectivity index is 1.94. The summed E-state index contributed by atoms with van der Waals surface area (Å²) in [7, 11) is 0. The van der Waals surface area contributed by atoms with E-state index in [0.717, 1.165) is 24.4 Å². The van der Waals surface area contributed by atoms with E-state index in [1.54, 1.807) is 11.8 Å². The Morgan fingerprint density at radius 2 is 1.90 bits per heavy atom. The molecule has 1 aliphatic rings. The second kappa shape index (κ2) is 6.46. The summed E-state index contributed by atoms with van der Waals surface area (Å²) in [4.78, 5) is 2.30. The number of halogens is 1. The quantitative estimate of drug-likeness (QED) is 0.884. The lowest BCUT2D eigenvalue weighted by molar-refractivity contribution is 0.626. The molecule has 2 aromatic rings. The van der Waals surface area contributed by atoms with Gasteiger partial charge in [0.05, 0.1) is 0 Å². The summed E-state index contributed by atoms with van der Waals surface area (Å²) in [5.74, 6) is -0.190. The monoisotopic (exact) mass is 299 g/mol. The largest absolute Gasteiger partial charge is 0.313 e. The van der Waals surface area contributed by atoms with E-state index in [9.17, 15) is 4.39 Å². The molecule has 0 saturated heterocycles. The average molecular weight is 299 g/mol. The molecule has 0 atom stereocenters. The van der Waals surface area contributed by atoms with Crippen LogP contribution in [0.3, 0.4) is 0 Å². The van der Waals surface area contributed by atoms with Gasteiger partial charge in [0.1, 0.15) is 5.82 Å². The Labute approximate surface area is 129 Å².